The SMILES string of the molecule is Cc1cscc1CNc1cc(C)c(N)c(C(=O)O)c1. The monoisotopic (exact) mass is 276 g/mol. The van der Waals surface area contributed by atoms with E-state index in [2.05, 4.69) is 23.0 Å². The fourth-order valence-corrected chi connectivity index (χ4v) is 2.70. The number of nitrogens with two attached hydrogens (primary N) is 1. The predicted molar refractivity (Wildman–Crippen MR) is 78.9 cm³/mol. The second-order valence-corrected chi connectivity index (χ2v) is 5.24. The molecule has 0 aliphatic carbocycles. The van der Waals surface area contributed by atoms with Crippen molar-refractivity contribution in [3.05, 3.63) is 45.1 Å². The molecule has 0 saturated heterocycles. The molecule has 0 aliphatic heterocycles. The van der Waals surface area contributed by atoms with Crippen molar-refractivity contribution in [1.29, 1.82) is 0 Å². The van der Waals surface area contributed by atoms with Crippen molar-refractivity contribution in [3.63, 3.8) is 0 Å². The second-order valence-electron chi connectivity index (χ2n) is 4.49. The van der Waals surface area contributed by atoms with Crippen molar-refractivity contribution < 1.29 is 9.90 Å². The molecule has 0 spiro atoms. The van der Waals surface area contributed by atoms with E-state index in [0.717, 1.165) is 11.3 Å². The maximum atomic E-state index is 11.1. The van der Waals surface area contributed by atoms with E-state index in [-0.39, 0.29) is 5.56 Å². The number of carboxylic acid groups (broad SMARTS) is 1. The van der Waals surface area contributed by atoms with Gasteiger partial charge in [0.1, 0.15) is 0 Å². The fourth-order valence-electron chi connectivity index (χ4n) is 1.84. The quantitative estimate of drug-likeness (QED) is 0.749. The lowest BCUT2D eigenvalue weighted by molar-refractivity contribution is 0.0698. The third kappa shape index (κ3) is 2.88. The molecule has 19 heavy (non-hydrogen) atoms. The molecule has 5 heteroatoms. The van der Waals surface area contributed by atoms with Crippen molar-refractivity contribution in [3.8, 4) is 0 Å². The summed E-state index contributed by atoms with van der Waals surface area (Å²) in [7, 11) is 0. The Morgan fingerprint density at radius 2 is 2.05 bits per heavy atom. The molecule has 0 unspecified atom stereocenters. The molecular formula is C14H16N2O2S. The normalized spacial score (nSPS) is 10.4. The number of benzene rings is 1. The average Bonchev–Trinajstić information content (AvgIpc) is 2.76. The molecule has 0 saturated carbocycles. The van der Waals surface area contributed by atoms with Crippen LogP contribution in [0, 0.1) is 13.8 Å². The first kappa shape index (κ1) is 13.4. The van der Waals surface area contributed by atoms with Crippen molar-refractivity contribution in [2.75, 3.05) is 11.1 Å². The lowest BCUT2D eigenvalue weighted by Crippen LogP contribution is -2.07. The van der Waals surface area contributed by atoms with Crippen LogP contribution in [0.3, 0.4) is 0 Å². The summed E-state index contributed by atoms with van der Waals surface area (Å²) in [5.74, 6) is -1.00. The molecule has 0 fully saturated rings. The first-order valence-electron chi connectivity index (χ1n) is 5.88. The molecule has 2 aromatic rings. The van der Waals surface area contributed by atoms with E-state index < -0.39 is 5.97 Å². The van der Waals surface area contributed by atoms with Gasteiger partial charge in [0.2, 0.25) is 0 Å². The maximum absolute atomic E-state index is 11.1. The highest BCUT2D eigenvalue weighted by Gasteiger charge is 2.11. The smallest absolute Gasteiger partial charge is 0.337 e. The van der Waals surface area contributed by atoms with Crippen molar-refractivity contribution >= 4 is 28.7 Å². The van der Waals surface area contributed by atoms with Crippen LogP contribution in [-0.4, -0.2) is 11.1 Å². The first-order chi connectivity index (χ1) is 8.99. The number of nitrogen functional groups attached to an aromatic ring is 1. The standard InChI is InChI=1S/C14H16N2O2S/c1-8-3-11(4-12(13(8)15)14(17)18)16-5-10-7-19-6-9(10)2/h3-4,6-7,16H,5,15H2,1-2H3,(H,17,18). The van der Waals surface area contributed by atoms with E-state index in [1.165, 1.54) is 11.1 Å². The minimum absolute atomic E-state index is 0.143. The third-order valence-electron chi connectivity index (χ3n) is 3.06. The average molecular weight is 276 g/mol. The number of rotatable bonds is 4. The molecule has 1 aromatic heterocycles. The number of anilines is 2. The number of hydrogen-bond donors (Lipinski definition) is 3. The fraction of sp³-hybridized carbons (Fsp3) is 0.214. The van der Waals surface area contributed by atoms with Gasteiger partial charge in [0.05, 0.1) is 5.56 Å². The zero-order chi connectivity index (χ0) is 14.0. The molecule has 0 radical (unpaired) electrons. The number of hydrogen-bond acceptors (Lipinski definition) is 4. The molecular weight excluding hydrogens is 260 g/mol. The van der Waals surface area contributed by atoms with E-state index in [0.29, 0.717) is 12.2 Å². The van der Waals surface area contributed by atoms with Gasteiger partial charge < -0.3 is 16.2 Å². The van der Waals surface area contributed by atoms with E-state index in [4.69, 9.17) is 10.8 Å². The molecule has 4 nitrogen and oxygen atoms in total. The Labute approximate surface area is 115 Å². The molecule has 0 atom stereocenters. The van der Waals surface area contributed by atoms with Crippen LogP contribution in [0.2, 0.25) is 0 Å². The molecule has 0 aliphatic rings. The van der Waals surface area contributed by atoms with Gasteiger partial charge in [0.15, 0.2) is 0 Å². The molecule has 0 bridgehead atoms. The number of carboxylic acids is 1. The van der Waals surface area contributed by atoms with Gasteiger partial charge in [0.25, 0.3) is 0 Å². The Bertz CT molecular complexity index is 620. The number of aromatic carboxylic acids is 1. The summed E-state index contributed by atoms with van der Waals surface area (Å²) in [5, 5.41) is 16.5. The minimum atomic E-state index is -1.00. The predicted octanol–water partition coefficient (Wildman–Crippen LogP) is 3.26. The van der Waals surface area contributed by atoms with Gasteiger partial charge in [-0.25, -0.2) is 4.79 Å². The summed E-state index contributed by atoms with van der Waals surface area (Å²) in [4.78, 5) is 11.1. The molecule has 1 aromatic carbocycles. The summed E-state index contributed by atoms with van der Waals surface area (Å²) in [6, 6.07) is 3.44. The highest BCUT2D eigenvalue weighted by Crippen LogP contribution is 2.24. The Morgan fingerprint density at radius 3 is 2.63 bits per heavy atom. The first-order valence-corrected chi connectivity index (χ1v) is 6.82. The van der Waals surface area contributed by atoms with Crippen LogP contribution in [0.15, 0.2) is 22.9 Å². The molecule has 1 heterocycles. The minimum Gasteiger partial charge on any atom is -0.478 e. The molecule has 4 N–H and O–H groups in total. The van der Waals surface area contributed by atoms with Gasteiger partial charge in [-0.1, -0.05) is 0 Å². The van der Waals surface area contributed by atoms with Crippen LogP contribution in [0.5, 0.6) is 0 Å². The molecule has 0 amide bonds. The lowest BCUT2D eigenvalue weighted by Gasteiger charge is -2.11. The molecule has 100 valence electrons. The number of thiophene rings is 1. The Hall–Kier alpha value is -2.01. The van der Waals surface area contributed by atoms with Gasteiger partial charge in [-0.05, 0) is 53.4 Å². The zero-order valence-corrected chi connectivity index (χ0v) is 11.7. The lowest BCUT2D eigenvalue weighted by atomic mass is 10.1. The highest BCUT2D eigenvalue weighted by molar-refractivity contribution is 7.08. The summed E-state index contributed by atoms with van der Waals surface area (Å²) < 4.78 is 0. The van der Waals surface area contributed by atoms with E-state index in [1.54, 1.807) is 17.4 Å². The van der Waals surface area contributed by atoms with Crippen LogP contribution in [0.4, 0.5) is 11.4 Å². The van der Waals surface area contributed by atoms with Crippen LogP contribution in [-0.2, 0) is 6.54 Å². The summed E-state index contributed by atoms with van der Waals surface area (Å²) >= 11 is 1.66. The van der Waals surface area contributed by atoms with E-state index in [1.807, 2.05) is 13.0 Å². The van der Waals surface area contributed by atoms with Gasteiger partial charge in [-0.15, -0.1) is 0 Å². The number of nitrogens with one attached hydrogen (secondary N) is 1. The topological polar surface area (TPSA) is 75.3 Å². The van der Waals surface area contributed by atoms with Crippen LogP contribution >= 0.6 is 11.3 Å². The van der Waals surface area contributed by atoms with Gasteiger partial charge in [-0.2, -0.15) is 11.3 Å². The number of aryl methyl sites for hydroxylation is 2. The van der Waals surface area contributed by atoms with Crippen LogP contribution in [0.1, 0.15) is 27.0 Å². The Morgan fingerprint density at radius 1 is 1.32 bits per heavy atom. The van der Waals surface area contributed by atoms with Crippen molar-refractivity contribution in [1.82, 2.24) is 0 Å². The molecule has 2 rings (SSSR count). The van der Waals surface area contributed by atoms with Crippen LogP contribution in [0.25, 0.3) is 0 Å². The number of carbonyl (C=O) groups is 1. The highest BCUT2D eigenvalue weighted by atomic mass is 32.1. The summed E-state index contributed by atoms with van der Waals surface area (Å²) in [6.07, 6.45) is 0. The van der Waals surface area contributed by atoms with Gasteiger partial charge in [-0.3, -0.25) is 0 Å². The second kappa shape index (κ2) is 5.32. The maximum Gasteiger partial charge on any atom is 0.337 e. The van der Waals surface area contributed by atoms with Crippen molar-refractivity contribution in [2.45, 2.75) is 20.4 Å². The zero-order valence-electron chi connectivity index (χ0n) is 10.9. The largest absolute Gasteiger partial charge is 0.478 e. The summed E-state index contributed by atoms with van der Waals surface area (Å²) in [5.41, 5.74) is 10.2. The van der Waals surface area contributed by atoms with Crippen LogP contribution < -0.4 is 11.1 Å². The Kier molecular flexibility index (Phi) is 3.76. The Balaban J connectivity index is 2.22. The summed E-state index contributed by atoms with van der Waals surface area (Å²) in [6.45, 7) is 4.55. The van der Waals surface area contributed by atoms with E-state index >= 15 is 0 Å². The van der Waals surface area contributed by atoms with E-state index in [9.17, 15) is 4.79 Å². The van der Waals surface area contributed by atoms with Crippen molar-refractivity contribution in [2.24, 2.45) is 0 Å². The van der Waals surface area contributed by atoms with Gasteiger partial charge in [0, 0.05) is 17.9 Å². The van der Waals surface area contributed by atoms with Gasteiger partial charge >= 0.3 is 5.97 Å². The third-order valence-corrected chi connectivity index (χ3v) is 3.97.